The lowest BCUT2D eigenvalue weighted by molar-refractivity contribution is -0.137. The van der Waals surface area contributed by atoms with Gasteiger partial charge >= 0.3 is 6.18 Å². The summed E-state index contributed by atoms with van der Waals surface area (Å²) < 4.78 is 38.5. The third-order valence-electron chi connectivity index (χ3n) is 7.14. The molecule has 11 heteroatoms. The Morgan fingerprint density at radius 1 is 1.03 bits per heavy atom. The van der Waals surface area contributed by atoms with Crippen LogP contribution in [0, 0.1) is 0 Å². The van der Waals surface area contributed by atoms with Crippen LogP contribution in [0.5, 0.6) is 0 Å². The van der Waals surface area contributed by atoms with Crippen molar-refractivity contribution < 1.29 is 32.7 Å². The predicted molar refractivity (Wildman–Crippen MR) is 128 cm³/mol. The number of alkyl halides is 3. The summed E-state index contributed by atoms with van der Waals surface area (Å²) in [5.41, 5.74) is 4.38. The summed E-state index contributed by atoms with van der Waals surface area (Å²) in [5.74, 6) is -1.68. The number of nitrogens with one attached hydrogen (secondary N) is 2. The van der Waals surface area contributed by atoms with E-state index in [-0.39, 0.29) is 24.2 Å². The van der Waals surface area contributed by atoms with Crippen LogP contribution in [0.15, 0.2) is 48.5 Å². The van der Waals surface area contributed by atoms with Gasteiger partial charge in [0.1, 0.15) is 0 Å². The van der Waals surface area contributed by atoms with Crippen molar-refractivity contribution in [1.82, 2.24) is 15.5 Å². The third kappa shape index (κ3) is 6.28. The molecule has 3 amide bonds. The van der Waals surface area contributed by atoms with E-state index < -0.39 is 35.1 Å². The fourth-order valence-electron chi connectivity index (χ4n) is 4.96. The highest BCUT2D eigenvalue weighted by Crippen LogP contribution is 2.39. The molecule has 1 saturated carbocycles. The molecule has 1 aliphatic carbocycles. The number of benzene rings is 2. The zero-order chi connectivity index (χ0) is 26.8. The van der Waals surface area contributed by atoms with E-state index in [1.54, 1.807) is 24.3 Å². The number of hydrogen-bond acceptors (Lipinski definition) is 5. The summed E-state index contributed by atoms with van der Waals surface area (Å²) in [6.07, 6.45) is -1.85. The number of aliphatic hydroxyl groups is 1. The van der Waals surface area contributed by atoms with E-state index in [9.17, 15) is 32.7 Å². The SMILES string of the molecule is NC(=O)c1ccc([C@]2(O)CC[C@H](N3CC(NC(=O)CNC(=O)c4cccc(C(F)(F)F)c4)C3)CC2)cc1. The van der Waals surface area contributed by atoms with Gasteiger partial charge in [0.25, 0.3) is 5.91 Å². The first-order valence-corrected chi connectivity index (χ1v) is 12.1. The van der Waals surface area contributed by atoms with Crippen molar-refractivity contribution in [2.75, 3.05) is 19.6 Å². The van der Waals surface area contributed by atoms with Crippen LogP contribution in [-0.2, 0) is 16.6 Å². The first-order valence-electron chi connectivity index (χ1n) is 12.1. The van der Waals surface area contributed by atoms with Gasteiger partial charge in [-0.1, -0.05) is 18.2 Å². The fraction of sp³-hybridized carbons (Fsp3) is 0.423. The van der Waals surface area contributed by atoms with Gasteiger partial charge < -0.3 is 21.5 Å². The number of likely N-dealkylation sites (tertiary alicyclic amines) is 1. The zero-order valence-corrected chi connectivity index (χ0v) is 20.1. The van der Waals surface area contributed by atoms with E-state index in [1.807, 2.05) is 0 Å². The lowest BCUT2D eigenvalue weighted by atomic mass is 9.76. The van der Waals surface area contributed by atoms with E-state index in [4.69, 9.17) is 5.73 Å². The molecule has 1 aliphatic heterocycles. The Hall–Kier alpha value is -3.44. The van der Waals surface area contributed by atoms with Crippen LogP contribution in [0.2, 0.25) is 0 Å². The Morgan fingerprint density at radius 3 is 2.27 bits per heavy atom. The number of primary amides is 1. The van der Waals surface area contributed by atoms with Crippen molar-refractivity contribution in [3.05, 3.63) is 70.8 Å². The average Bonchev–Trinajstić information content (AvgIpc) is 2.85. The summed E-state index contributed by atoms with van der Waals surface area (Å²) in [5, 5.41) is 16.3. The van der Waals surface area contributed by atoms with Crippen LogP contribution in [0.4, 0.5) is 13.2 Å². The maximum absolute atomic E-state index is 12.8. The molecule has 5 N–H and O–H groups in total. The lowest BCUT2D eigenvalue weighted by Crippen LogP contribution is -2.63. The molecule has 37 heavy (non-hydrogen) atoms. The number of carbonyl (C=O) groups excluding carboxylic acids is 3. The standard InChI is InChI=1S/C26H29F3N4O4/c27-26(28,29)19-3-1-2-17(12-19)24(36)31-13-22(34)32-20-14-33(15-20)21-8-10-25(37,11-9-21)18-6-4-16(5-7-18)23(30)35/h1-7,12,20-21,37H,8-11,13-15H2,(H2,30,35)(H,31,36)(H,32,34)/t21-,25-. The molecule has 0 aromatic heterocycles. The smallest absolute Gasteiger partial charge is 0.385 e. The molecule has 1 heterocycles. The van der Waals surface area contributed by atoms with Crippen molar-refractivity contribution in [2.24, 2.45) is 5.73 Å². The van der Waals surface area contributed by atoms with Gasteiger partial charge in [-0.2, -0.15) is 13.2 Å². The van der Waals surface area contributed by atoms with Gasteiger partial charge in [0.2, 0.25) is 11.8 Å². The molecule has 0 spiro atoms. The van der Waals surface area contributed by atoms with Gasteiger partial charge in [-0.05, 0) is 61.6 Å². The molecule has 198 valence electrons. The third-order valence-corrected chi connectivity index (χ3v) is 7.14. The first-order chi connectivity index (χ1) is 17.4. The Morgan fingerprint density at radius 2 is 1.68 bits per heavy atom. The Labute approximate surface area is 212 Å². The van der Waals surface area contributed by atoms with Crippen molar-refractivity contribution >= 4 is 17.7 Å². The zero-order valence-electron chi connectivity index (χ0n) is 20.1. The molecule has 0 atom stereocenters. The van der Waals surface area contributed by atoms with Gasteiger partial charge in [-0.15, -0.1) is 0 Å². The Bertz CT molecular complexity index is 1160. The molecule has 1 saturated heterocycles. The highest BCUT2D eigenvalue weighted by molar-refractivity contribution is 5.96. The second-order valence-electron chi connectivity index (χ2n) is 9.68. The lowest BCUT2D eigenvalue weighted by Gasteiger charge is -2.48. The van der Waals surface area contributed by atoms with E-state index in [1.165, 1.54) is 6.07 Å². The minimum absolute atomic E-state index is 0.0832. The molecule has 0 unspecified atom stereocenters. The fourth-order valence-corrected chi connectivity index (χ4v) is 4.96. The number of nitrogens with two attached hydrogens (primary N) is 1. The van der Waals surface area contributed by atoms with Crippen LogP contribution >= 0.6 is 0 Å². The topological polar surface area (TPSA) is 125 Å². The first kappa shape index (κ1) is 26.6. The van der Waals surface area contributed by atoms with Crippen molar-refractivity contribution in [3.63, 3.8) is 0 Å². The largest absolute Gasteiger partial charge is 0.416 e. The maximum atomic E-state index is 12.8. The van der Waals surface area contributed by atoms with Gasteiger partial charge in [0.15, 0.2) is 0 Å². The van der Waals surface area contributed by atoms with Crippen molar-refractivity contribution in [2.45, 2.75) is 49.5 Å². The molecular weight excluding hydrogens is 489 g/mol. The van der Waals surface area contributed by atoms with Crippen LogP contribution in [0.3, 0.4) is 0 Å². The molecule has 2 fully saturated rings. The van der Waals surface area contributed by atoms with Crippen molar-refractivity contribution in [3.8, 4) is 0 Å². The highest BCUT2D eigenvalue weighted by atomic mass is 19.4. The monoisotopic (exact) mass is 518 g/mol. The van der Waals surface area contributed by atoms with Crippen LogP contribution < -0.4 is 16.4 Å². The molecule has 8 nitrogen and oxygen atoms in total. The van der Waals surface area contributed by atoms with E-state index in [0.29, 0.717) is 31.5 Å². The summed E-state index contributed by atoms with van der Waals surface area (Å²) in [7, 11) is 0. The number of nitrogens with zero attached hydrogens (tertiary/aromatic N) is 1. The summed E-state index contributed by atoms with van der Waals surface area (Å²) in [6, 6.07) is 10.9. The van der Waals surface area contributed by atoms with Crippen LogP contribution in [-0.4, -0.2) is 59.4 Å². The molecule has 2 aromatic rings. The van der Waals surface area contributed by atoms with Gasteiger partial charge in [-0.25, -0.2) is 0 Å². The Kier molecular flexibility index (Phi) is 7.56. The van der Waals surface area contributed by atoms with Crippen molar-refractivity contribution in [1.29, 1.82) is 0 Å². The van der Waals surface area contributed by atoms with Gasteiger partial charge in [0, 0.05) is 30.3 Å². The number of halogens is 3. The number of rotatable bonds is 7. The summed E-state index contributed by atoms with van der Waals surface area (Å²) >= 11 is 0. The molecule has 2 aliphatic rings. The average molecular weight is 519 g/mol. The molecule has 2 aromatic carbocycles. The highest BCUT2D eigenvalue weighted by Gasteiger charge is 2.40. The number of hydrogen-bond donors (Lipinski definition) is 4. The van der Waals surface area contributed by atoms with Gasteiger partial charge in [-0.3, -0.25) is 19.3 Å². The van der Waals surface area contributed by atoms with Gasteiger partial charge in [0.05, 0.1) is 23.8 Å². The minimum atomic E-state index is -4.56. The van der Waals surface area contributed by atoms with Crippen LogP contribution in [0.25, 0.3) is 0 Å². The normalized spacial score (nSPS) is 22.6. The molecule has 0 bridgehead atoms. The summed E-state index contributed by atoms with van der Waals surface area (Å²) in [6.45, 7) is 0.948. The molecule has 4 rings (SSSR count). The number of amides is 3. The second kappa shape index (κ2) is 10.5. The Balaban J connectivity index is 1.18. The minimum Gasteiger partial charge on any atom is -0.385 e. The summed E-state index contributed by atoms with van der Waals surface area (Å²) in [4.78, 5) is 37.9. The maximum Gasteiger partial charge on any atom is 0.416 e. The second-order valence-corrected chi connectivity index (χ2v) is 9.68. The predicted octanol–water partition coefficient (Wildman–Crippen LogP) is 2.16. The molecular formula is C26H29F3N4O4. The van der Waals surface area contributed by atoms with Crippen LogP contribution in [0.1, 0.15) is 57.5 Å². The van der Waals surface area contributed by atoms with E-state index >= 15 is 0 Å². The van der Waals surface area contributed by atoms with E-state index in [2.05, 4.69) is 15.5 Å². The molecule has 0 radical (unpaired) electrons. The quantitative estimate of drug-likeness (QED) is 0.447. The van der Waals surface area contributed by atoms with E-state index in [0.717, 1.165) is 36.6 Å². The number of carbonyl (C=O) groups is 3.